The number of terminal acetylenes is 1. The van der Waals surface area contributed by atoms with Gasteiger partial charge in [0.2, 0.25) is 0 Å². The van der Waals surface area contributed by atoms with Gasteiger partial charge in [0.05, 0.1) is 5.60 Å². The third kappa shape index (κ3) is 3.05. The van der Waals surface area contributed by atoms with Gasteiger partial charge in [-0.15, -0.1) is 6.42 Å². The van der Waals surface area contributed by atoms with E-state index in [0.717, 1.165) is 37.1 Å². The third-order valence-electron chi connectivity index (χ3n) is 3.74. The second-order valence-electron chi connectivity index (χ2n) is 5.21. The first kappa shape index (κ1) is 13.0. The molecule has 0 spiro atoms. The average molecular weight is 243 g/mol. The molecule has 1 aliphatic rings. The zero-order valence-corrected chi connectivity index (χ0v) is 11.2. The topological polar surface area (TPSA) is 21.3 Å². The van der Waals surface area contributed by atoms with Gasteiger partial charge in [-0.2, -0.15) is 0 Å². The number of hydrogen-bond acceptors (Lipinski definition) is 2. The Bertz CT molecular complexity index is 449. The molecular weight excluding hydrogens is 222 g/mol. The predicted molar refractivity (Wildman–Crippen MR) is 75.7 cm³/mol. The molecule has 1 heterocycles. The lowest BCUT2D eigenvalue weighted by Gasteiger charge is -2.38. The Hall–Kier alpha value is -1.46. The van der Waals surface area contributed by atoms with Crippen LogP contribution in [0.4, 0.5) is 5.69 Å². The summed E-state index contributed by atoms with van der Waals surface area (Å²) in [6.07, 6.45) is 8.57. The molecule has 2 rings (SSSR count). The first-order valence-electron chi connectivity index (χ1n) is 6.62. The van der Waals surface area contributed by atoms with Crippen LogP contribution in [0.1, 0.15) is 38.7 Å². The zero-order valence-electron chi connectivity index (χ0n) is 11.2. The molecule has 0 radical (unpaired) electrons. The highest BCUT2D eigenvalue weighted by Gasteiger charge is 2.31. The van der Waals surface area contributed by atoms with Crippen LogP contribution in [-0.2, 0) is 4.74 Å². The molecule has 1 aliphatic heterocycles. The normalized spacial score (nSPS) is 27.5. The zero-order chi connectivity index (χ0) is 13.0. The first-order valence-corrected chi connectivity index (χ1v) is 6.62. The SMILES string of the molecule is C#Cc1cccc(NC2CCOC(C)(CC)C2)c1. The molecule has 2 heteroatoms. The Balaban J connectivity index is 2.03. The summed E-state index contributed by atoms with van der Waals surface area (Å²) < 4.78 is 5.86. The van der Waals surface area contributed by atoms with Gasteiger partial charge in [0.15, 0.2) is 0 Å². The minimum absolute atomic E-state index is 0.0135. The predicted octanol–water partition coefficient (Wildman–Crippen LogP) is 3.43. The van der Waals surface area contributed by atoms with Gasteiger partial charge in [0, 0.05) is 23.9 Å². The molecule has 1 fully saturated rings. The highest BCUT2D eigenvalue weighted by atomic mass is 16.5. The summed E-state index contributed by atoms with van der Waals surface area (Å²) in [5, 5.41) is 3.57. The van der Waals surface area contributed by atoms with Crippen LogP contribution < -0.4 is 5.32 Å². The minimum atomic E-state index is 0.0135. The molecule has 2 unspecified atom stereocenters. The summed E-state index contributed by atoms with van der Waals surface area (Å²) in [7, 11) is 0. The summed E-state index contributed by atoms with van der Waals surface area (Å²) in [5.74, 6) is 2.67. The lowest BCUT2D eigenvalue weighted by atomic mass is 9.90. The number of benzene rings is 1. The molecule has 0 bridgehead atoms. The molecule has 1 saturated heterocycles. The van der Waals surface area contributed by atoms with Crippen molar-refractivity contribution in [3.05, 3.63) is 29.8 Å². The van der Waals surface area contributed by atoms with Gasteiger partial charge >= 0.3 is 0 Å². The van der Waals surface area contributed by atoms with Crippen molar-refractivity contribution in [3.8, 4) is 12.3 Å². The molecule has 0 aromatic heterocycles. The summed E-state index contributed by atoms with van der Waals surface area (Å²) in [6.45, 7) is 5.21. The number of rotatable bonds is 3. The van der Waals surface area contributed by atoms with Crippen LogP contribution in [0.15, 0.2) is 24.3 Å². The van der Waals surface area contributed by atoms with Crippen molar-refractivity contribution in [1.29, 1.82) is 0 Å². The average Bonchev–Trinajstić information content (AvgIpc) is 2.39. The van der Waals surface area contributed by atoms with Gasteiger partial charge < -0.3 is 10.1 Å². The molecule has 18 heavy (non-hydrogen) atoms. The van der Waals surface area contributed by atoms with E-state index in [4.69, 9.17) is 11.2 Å². The van der Waals surface area contributed by atoms with Gasteiger partial charge in [-0.05, 0) is 44.4 Å². The molecule has 0 aliphatic carbocycles. The Morgan fingerprint density at radius 3 is 3.11 bits per heavy atom. The van der Waals surface area contributed by atoms with E-state index in [1.807, 2.05) is 18.2 Å². The van der Waals surface area contributed by atoms with Crippen LogP contribution >= 0.6 is 0 Å². The molecule has 1 N–H and O–H groups in total. The number of anilines is 1. The quantitative estimate of drug-likeness (QED) is 0.821. The summed E-state index contributed by atoms with van der Waals surface area (Å²) in [5.41, 5.74) is 2.04. The highest BCUT2D eigenvalue weighted by Crippen LogP contribution is 2.29. The van der Waals surface area contributed by atoms with E-state index in [-0.39, 0.29) is 5.60 Å². The number of ether oxygens (including phenoxy) is 1. The fourth-order valence-electron chi connectivity index (χ4n) is 2.43. The standard InChI is InChI=1S/C16H21NO/c1-4-13-7-6-8-14(11-13)17-15-9-10-18-16(3,5-2)12-15/h1,6-8,11,15,17H,5,9-10,12H2,2-3H3. The van der Waals surface area contributed by atoms with Crippen LogP contribution in [0.5, 0.6) is 0 Å². The van der Waals surface area contributed by atoms with Gasteiger partial charge in [-0.3, -0.25) is 0 Å². The molecule has 96 valence electrons. The van der Waals surface area contributed by atoms with Crippen LogP contribution in [0, 0.1) is 12.3 Å². The van der Waals surface area contributed by atoms with Crippen molar-refractivity contribution >= 4 is 5.69 Å². The number of hydrogen-bond donors (Lipinski definition) is 1. The third-order valence-corrected chi connectivity index (χ3v) is 3.74. The van der Waals surface area contributed by atoms with Gasteiger partial charge in [0.1, 0.15) is 0 Å². The van der Waals surface area contributed by atoms with E-state index in [0.29, 0.717) is 6.04 Å². The molecular formula is C16H21NO. The second-order valence-corrected chi connectivity index (χ2v) is 5.21. The van der Waals surface area contributed by atoms with E-state index in [2.05, 4.69) is 31.2 Å². The number of nitrogens with one attached hydrogen (secondary N) is 1. The lowest BCUT2D eigenvalue weighted by molar-refractivity contribution is -0.0708. The molecule has 0 saturated carbocycles. The molecule has 1 aromatic carbocycles. The molecule has 2 nitrogen and oxygen atoms in total. The Morgan fingerprint density at radius 2 is 2.39 bits per heavy atom. The van der Waals surface area contributed by atoms with Crippen molar-refractivity contribution in [2.45, 2.75) is 44.8 Å². The van der Waals surface area contributed by atoms with Gasteiger partial charge in [0.25, 0.3) is 0 Å². The van der Waals surface area contributed by atoms with Crippen molar-refractivity contribution in [2.75, 3.05) is 11.9 Å². The Morgan fingerprint density at radius 1 is 1.56 bits per heavy atom. The van der Waals surface area contributed by atoms with Crippen molar-refractivity contribution < 1.29 is 4.74 Å². The van der Waals surface area contributed by atoms with E-state index in [9.17, 15) is 0 Å². The second kappa shape index (κ2) is 5.46. The molecule has 2 atom stereocenters. The van der Waals surface area contributed by atoms with E-state index in [1.54, 1.807) is 0 Å². The van der Waals surface area contributed by atoms with Gasteiger partial charge in [-0.25, -0.2) is 0 Å². The summed E-state index contributed by atoms with van der Waals surface area (Å²) >= 11 is 0. The van der Waals surface area contributed by atoms with Crippen LogP contribution in [-0.4, -0.2) is 18.2 Å². The maximum Gasteiger partial charge on any atom is 0.0671 e. The van der Waals surface area contributed by atoms with Crippen LogP contribution in [0.2, 0.25) is 0 Å². The van der Waals surface area contributed by atoms with Crippen LogP contribution in [0.3, 0.4) is 0 Å². The van der Waals surface area contributed by atoms with Crippen molar-refractivity contribution in [3.63, 3.8) is 0 Å². The largest absolute Gasteiger partial charge is 0.382 e. The Kier molecular flexibility index (Phi) is 3.93. The molecule has 1 aromatic rings. The highest BCUT2D eigenvalue weighted by molar-refractivity contribution is 5.50. The fourth-order valence-corrected chi connectivity index (χ4v) is 2.43. The summed E-state index contributed by atoms with van der Waals surface area (Å²) in [6, 6.07) is 8.51. The smallest absolute Gasteiger partial charge is 0.0671 e. The maximum absolute atomic E-state index is 5.86. The Labute approximate surface area is 110 Å². The lowest BCUT2D eigenvalue weighted by Crippen LogP contribution is -2.41. The van der Waals surface area contributed by atoms with Crippen LogP contribution in [0.25, 0.3) is 0 Å². The molecule has 0 amide bonds. The monoisotopic (exact) mass is 243 g/mol. The van der Waals surface area contributed by atoms with E-state index in [1.165, 1.54) is 0 Å². The van der Waals surface area contributed by atoms with E-state index < -0.39 is 0 Å². The summed E-state index contributed by atoms with van der Waals surface area (Å²) in [4.78, 5) is 0. The van der Waals surface area contributed by atoms with Crippen molar-refractivity contribution in [2.24, 2.45) is 0 Å². The fraction of sp³-hybridized carbons (Fsp3) is 0.500. The van der Waals surface area contributed by atoms with Gasteiger partial charge in [-0.1, -0.05) is 18.9 Å². The van der Waals surface area contributed by atoms with Crippen molar-refractivity contribution in [1.82, 2.24) is 0 Å². The first-order chi connectivity index (χ1) is 8.65. The minimum Gasteiger partial charge on any atom is -0.382 e. The van der Waals surface area contributed by atoms with E-state index >= 15 is 0 Å². The maximum atomic E-state index is 5.86.